The molecule has 0 saturated carbocycles. The lowest BCUT2D eigenvalue weighted by atomic mass is 10.2. The van der Waals surface area contributed by atoms with Gasteiger partial charge in [-0.1, -0.05) is 13.3 Å². The Hall–Kier alpha value is -0.120. The molecule has 0 spiro atoms. The highest BCUT2D eigenvalue weighted by atomic mass is 15.3. The number of likely N-dealkylation sites (N-methyl/N-ethyl adjacent to an activating group) is 2. The molecule has 1 fully saturated rings. The van der Waals surface area contributed by atoms with Crippen LogP contribution < -0.4 is 5.32 Å². The van der Waals surface area contributed by atoms with E-state index in [4.69, 9.17) is 0 Å². The third-order valence-corrected chi connectivity index (χ3v) is 3.07. The summed E-state index contributed by atoms with van der Waals surface area (Å²) in [5.74, 6) is 0. The zero-order chi connectivity index (χ0) is 10.4. The summed E-state index contributed by atoms with van der Waals surface area (Å²) in [5, 5.41) is 3.54. The van der Waals surface area contributed by atoms with Gasteiger partial charge in [0.1, 0.15) is 0 Å². The molecular weight excluding hydrogens is 174 g/mol. The van der Waals surface area contributed by atoms with Gasteiger partial charge < -0.3 is 10.2 Å². The van der Waals surface area contributed by atoms with Gasteiger partial charge in [-0.3, -0.25) is 4.90 Å². The first kappa shape index (κ1) is 12.0. The van der Waals surface area contributed by atoms with Crippen LogP contribution in [0.25, 0.3) is 0 Å². The van der Waals surface area contributed by atoms with Crippen LogP contribution in [0.4, 0.5) is 0 Å². The molecule has 1 aliphatic heterocycles. The van der Waals surface area contributed by atoms with Crippen LogP contribution in [0.2, 0.25) is 0 Å². The Kier molecular flexibility index (Phi) is 5.45. The molecule has 1 atom stereocenters. The van der Waals surface area contributed by atoms with Crippen molar-refractivity contribution in [2.75, 3.05) is 46.8 Å². The van der Waals surface area contributed by atoms with Crippen LogP contribution in [-0.4, -0.2) is 62.7 Å². The Balaban J connectivity index is 2.14. The minimum absolute atomic E-state index is 0.700. The van der Waals surface area contributed by atoms with Gasteiger partial charge in [0.15, 0.2) is 0 Å². The summed E-state index contributed by atoms with van der Waals surface area (Å²) in [6.45, 7) is 8.17. The molecule has 3 nitrogen and oxygen atoms in total. The molecule has 14 heavy (non-hydrogen) atoms. The van der Waals surface area contributed by atoms with Crippen molar-refractivity contribution >= 4 is 0 Å². The summed E-state index contributed by atoms with van der Waals surface area (Å²) >= 11 is 0. The monoisotopic (exact) mass is 199 g/mol. The van der Waals surface area contributed by atoms with Gasteiger partial charge in [-0.15, -0.1) is 0 Å². The highest BCUT2D eigenvalue weighted by molar-refractivity contribution is 4.79. The van der Waals surface area contributed by atoms with Gasteiger partial charge in [0, 0.05) is 32.2 Å². The molecular formula is C11H25N3. The zero-order valence-corrected chi connectivity index (χ0v) is 9.92. The maximum atomic E-state index is 3.54. The number of nitrogens with zero attached hydrogens (tertiary/aromatic N) is 2. The fourth-order valence-corrected chi connectivity index (χ4v) is 1.89. The van der Waals surface area contributed by atoms with Crippen LogP contribution in [-0.2, 0) is 0 Å². The standard InChI is InChI=1S/C11H25N3/c1-4-5-6-12-9-11-10-13(2)7-8-14(11)3/h11-12H,4-10H2,1-3H3. The van der Waals surface area contributed by atoms with Gasteiger partial charge in [-0.25, -0.2) is 0 Å². The van der Waals surface area contributed by atoms with E-state index in [0.717, 1.165) is 6.54 Å². The van der Waals surface area contributed by atoms with E-state index in [1.807, 2.05) is 0 Å². The zero-order valence-electron chi connectivity index (χ0n) is 9.92. The second kappa shape index (κ2) is 6.38. The van der Waals surface area contributed by atoms with Crippen molar-refractivity contribution in [3.63, 3.8) is 0 Å². The molecule has 1 unspecified atom stereocenters. The van der Waals surface area contributed by atoms with Crippen molar-refractivity contribution in [1.29, 1.82) is 0 Å². The molecule has 1 aliphatic rings. The van der Waals surface area contributed by atoms with Crippen LogP contribution in [0, 0.1) is 0 Å². The third-order valence-electron chi connectivity index (χ3n) is 3.07. The fraction of sp³-hybridized carbons (Fsp3) is 1.00. The molecule has 1 heterocycles. The first-order valence-electron chi connectivity index (χ1n) is 5.83. The molecule has 84 valence electrons. The number of piperazine rings is 1. The second-order valence-electron chi connectivity index (χ2n) is 4.45. The lowest BCUT2D eigenvalue weighted by Crippen LogP contribution is -2.53. The van der Waals surface area contributed by atoms with Crippen molar-refractivity contribution in [1.82, 2.24) is 15.1 Å². The van der Waals surface area contributed by atoms with E-state index in [-0.39, 0.29) is 0 Å². The molecule has 0 aliphatic carbocycles. The van der Waals surface area contributed by atoms with Gasteiger partial charge in [-0.2, -0.15) is 0 Å². The van der Waals surface area contributed by atoms with Crippen LogP contribution in [0.3, 0.4) is 0 Å². The lowest BCUT2D eigenvalue weighted by Gasteiger charge is -2.37. The maximum Gasteiger partial charge on any atom is 0.0345 e. The van der Waals surface area contributed by atoms with E-state index in [0.29, 0.717) is 6.04 Å². The number of hydrogen-bond donors (Lipinski definition) is 1. The highest BCUT2D eigenvalue weighted by Gasteiger charge is 2.21. The van der Waals surface area contributed by atoms with Crippen molar-refractivity contribution < 1.29 is 0 Å². The Morgan fingerprint density at radius 1 is 1.29 bits per heavy atom. The number of rotatable bonds is 5. The van der Waals surface area contributed by atoms with E-state index in [2.05, 4.69) is 36.1 Å². The Morgan fingerprint density at radius 3 is 2.79 bits per heavy atom. The average molecular weight is 199 g/mol. The molecule has 0 amide bonds. The van der Waals surface area contributed by atoms with E-state index in [9.17, 15) is 0 Å². The Morgan fingerprint density at radius 2 is 2.07 bits per heavy atom. The van der Waals surface area contributed by atoms with Gasteiger partial charge in [-0.05, 0) is 27.1 Å². The van der Waals surface area contributed by atoms with Crippen molar-refractivity contribution in [2.24, 2.45) is 0 Å². The topological polar surface area (TPSA) is 18.5 Å². The minimum Gasteiger partial charge on any atom is -0.315 e. The van der Waals surface area contributed by atoms with Gasteiger partial charge in [0.25, 0.3) is 0 Å². The van der Waals surface area contributed by atoms with E-state index < -0.39 is 0 Å². The van der Waals surface area contributed by atoms with Gasteiger partial charge in [0.05, 0.1) is 0 Å². The smallest absolute Gasteiger partial charge is 0.0345 e. The first-order valence-corrected chi connectivity index (χ1v) is 5.83. The fourth-order valence-electron chi connectivity index (χ4n) is 1.89. The summed E-state index contributed by atoms with van der Waals surface area (Å²) < 4.78 is 0. The summed E-state index contributed by atoms with van der Waals surface area (Å²) in [5.41, 5.74) is 0. The van der Waals surface area contributed by atoms with E-state index >= 15 is 0 Å². The van der Waals surface area contributed by atoms with E-state index in [1.165, 1.54) is 39.0 Å². The summed E-state index contributed by atoms with van der Waals surface area (Å²) in [4.78, 5) is 4.89. The van der Waals surface area contributed by atoms with E-state index in [1.54, 1.807) is 0 Å². The Labute approximate surface area is 88.5 Å². The molecule has 0 aromatic rings. The van der Waals surface area contributed by atoms with Crippen LogP contribution >= 0.6 is 0 Å². The predicted octanol–water partition coefficient (Wildman–Crippen LogP) is 0.622. The average Bonchev–Trinajstić information content (AvgIpc) is 2.18. The molecule has 3 heteroatoms. The van der Waals surface area contributed by atoms with Crippen molar-refractivity contribution in [3.05, 3.63) is 0 Å². The van der Waals surface area contributed by atoms with Crippen molar-refractivity contribution in [2.45, 2.75) is 25.8 Å². The number of nitrogens with one attached hydrogen (secondary N) is 1. The van der Waals surface area contributed by atoms with Gasteiger partial charge in [0.2, 0.25) is 0 Å². The molecule has 0 radical (unpaired) electrons. The first-order chi connectivity index (χ1) is 6.74. The molecule has 0 bridgehead atoms. The van der Waals surface area contributed by atoms with Crippen LogP contribution in [0.1, 0.15) is 19.8 Å². The normalized spacial score (nSPS) is 25.5. The molecule has 1 N–H and O–H groups in total. The van der Waals surface area contributed by atoms with Gasteiger partial charge >= 0.3 is 0 Å². The molecule has 0 aromatic heterocycles. The SMILES string of the molecule is CCCCNCC1CN(C)CCN1C. The minimum atomic E-state index is 0.700. The molecule has 1 rings (SSSR count). The van der Waals surface area contributed by atoms with Crippen LogP contribution in [0.5, 0.6) is 0 Å². The second-order valence-corrected chi connectivity index (χ2v) is 4.45. The lowest BCUT2D eigenvalue weighted by molar-refractivity contribution is 0.113. The summed E-state index contributed by atoms with van der Waals surface area (Å²) in [7, 11) is 4.45. The molecule has 1 saturated heterocycles. The summed E-state index contributed by atoms with van der Waals surface area (Å²) in [6.07, 6.45) is 2.58. The maximum absolute atomic E-state index is 3.54. The number of unbranched alkanes of at least 4 members (excludes halogenated alkanes) is 1. The third kappa shape index (κ3) is 3.95. The van der Waals surface area contributed by atoms with Crippen molar-refractivity contribution in [3.8, 4) is 0 Å². The predicted molar refractivity (Wildman–Crippen MR) is 61.7 cm³/mol. The Bertz CT molecular complexity index is 149. The van der Waals surface area contributed by atoms with Crippen LogP contribution in [0.15, 0.2) is 0 Å². The number of hydrogen-bond acceptors (Lipinski definition) is 3. The highest BCUT2D eigenvalue weighted by Crippen LogP contribution is 2.04. The largest absolute Gasteiger partial charge is 0.315 e. The molecule has 0 aromatic carbocycles. The quantitative estimate of drug-likeness (QED) is 0.655. The summed E-state index contributed by atoms with van der Waals surface area (Å²) in [6, 6.07) is 0.700.